The van der Waals surface area contributed by atoms with Crippen LogP contribution in [0.3, 0.4) is 0 Å². The number of hydrogen-bond donors (Lipinski definition) is 0. The fourth-order valence-corrected chi connectivity index (χ4v) is 5.31. The van der Waals surface area contributed by atoms with Crippen LogP contribution in [0.1, 0.15) is 117 Å². The maximum Gasteiger partial charge on any atom is 0.168 e. The van der Waals surface area contributed by atoms with Crippen LogP contribution in [0.2, 0.25) is 0 Å². The summed E-state index contributed by atoms with van der Waals surface area (Å²) in [5, 5.41) is 0. The summed E-state index contributed by atoms with van der Waals surface area (Å²) in [5.74, 6) is 1.78. The van der Waals surface area contributed by atoms with Crippen molar-refractivity contribution in [3.8, 4) is 33.8 Å². The molecule has 0 heterocycles. The van der Waals surface area contributed by atoms with Crippen molar-refractivity contribution in [3.05, 3.63) is 72.8 Å². The van der Waals surface area contributed by atoms with Crippen molar-refractivity contribution >= 4 is 0 Å². The molecule has 0 atom stereocenters. The second kappa shape index (κ2) is 20.2. The van der Waals surface area contributed by atoms with Gasteiger partial charge in [0.05, 0.1) is 13.2 Å². The van der Waals surface area contributed by atoms with Crippen molar-refractivity contribution in [1.82, 2.24) is 0 Å². The first-order chi connectivity index (χ1) is 19.8. The van der Waals surface area contributed by atoms with Crippen LogP contribution in [0.4, 0.5) is 0 Å². The van der Waals surface area contributed by atoms with E-state index in [1.807, 2.05) is 0 Å². The molecule has 3 rings (SSSR count). The quantitative estimate of drug-likeness (QED) is 0.118. The standard InChI is InChI=1S/C38H54O2/c1-3-5-7-9-11-13-15-20-31-39-37-26-22-25-36(38(37)40-32-21-16-14-12-10-8-6-4-2)35-29-27-34(28-30-35)33-23-18-17-19-24-33/h17-19,22-30H,3-16,20-21,31-32H2,1-2H3. The number of unbranched alkanes of at least 4 members (excludes halogenated alkanes) is 14. The molecule has 0 saturated heterocycles. The molecule has 0 amide bonds. The Morgan fingerprint density at radius 3 is 1.45 bits per heavy atom. The topological polar surface area (TPSA) is 18.5 Å². The number of rotatable bonds is 22. The molecule has 0 unspecified atom stereocenters. The van der Waals surface area contributed by atoms with Gasteiger partial charge in [-0.2, -0.15) is 0 Å². The molecule has 0 bridgehead atoms. The van der Waals surface area contributed by atoms with E-state index in [4.69, 9.17) is 9.47 Å². The van der Waals surface area contributed by atoms with Gasteiger partial charge in [-0.1, -0.05) is 170 Å². The first-order valence-corrected chi connectivity index (χ1v) is 16.4. The van der Waals surface area contributed by atoms with Gasteiger partial charge in [0, 0.05) is 5.56 Å². The summed E-state index contributed by atoms with van der Waals surface area (Å²) in [7, 11) is 0. The second-order valence-corrected chi connectivity index (χ2v) is 11.2. The summed E-state index contributed by atoms with van der Waals surface area (Å²) in [6, 6.07) is 25.8. The van der Waals surface area contributed by atoms with E-state index in [-0.39, 0.29) is 0 Å². The highest BCUT2D eigenvalue weighted by Gasteiger charge is 2.14. The zero-order valence-corrected chi connectivity index (χ0v) is 25.5. The fourth-order valence-electron chi connectivity index (χ4n) is 5.31. The molecule has 2 heteroatoms. The predicted molar refractivity (Wildman–Crippen MR) is 174 cm³/mol. The van der Waals surface area contributed by atoms with Crippen LogP contribution in [-0.2, 0) is 0 Å². The van der Waals surface area contributed by atoms with Crippen molar-refractivity contribution in [2.45, 2.75) is 117 Å². The highest BCUT2D eigenvalue weighted by molar-refractivity contribution is 5.76. The van der Waals surface area contributed by atoms with E-state index in [9.17, 15) is 0 Å². The zero-order valence-electron chi connectivity index (χ0n) is 25.5. The normalized spacial score (nSPS) is 11.1. The Kier molecular flexibility index (Phi) is 16.0. The van der Waals surface area contributed by atoms with E-state index in [0.29, 0.717) is 0 Å². The Bertz CT molecular complexity index is 1030. The lowest BCUT2D eigenvalue weighted by Crippen LogP contribution is -2.04. The molecule has 218 valence electrons. The summed E-state index contributed by atoms with van der Waals surface area (Å²) >= 11 is 0. The molecule has 3 aromatic carbocycles. The van der Waals surface area contributed by atoms with Gasteiger partial charge in [0.15, 0.2) is 11.5 Å². The molecule has 0 aliphatic rings. The van der Waals surface area contributed by atoms with Gasteiger partial charge in [-0.05, 0) is 35.6 Å². The molecule has 0 aliphatic carbocycles. The molecule has 40 heavy (non-hydrogen) atoms. The molecule has 0 aliphatic heterocycles. The molecule has 0 saturated carbocycles. The summed E-state index contributed by atoms with van der Waals surface area (Å²) in [6.45, 7) is 6.04. The lowest BCUT2D eigenvalue weighted by molar-refractivity contribution is 0.259. The Hall–Kier alpha value is -2.74. The van der Waals surface area contributed by atoms with E-state index in [1.54, 1.807) is 0 Å². The summed E-state index contributed by atoms with van der Waals surface area (Å²) in [6.07, 6.45) is 20.8. The first-order valence-electron chi connectivity index (χ1n) is 16.4. The van der Waals surface area contributed by atoms with Gasteiger partial charge in [0.25, 0.3) is 0 Å². The minimum absolute atomic E-state index is 0.738. The Labute approximate surface area is 245 Å². The molecule has 0 radical (unpaired) electrons. The Morgan fingerprint density at radius 1 is 0.400 bits per heavy atom. The van der Waals surface area contributed by atoms with Crippen molar-refractivity contribution in [2.75, 3.05) is 13.2 Å². The molecule has 2 nitrogen and oxygen atoms in total. The van der Waals surface area contributed by atoms with Crippen LogP contribution in [0.15, 0.2) is 72.8 Å². The minimum Gasteiger partial charge on any atom is -0.490 e. The average Bonchev–Trinajstić information content (AvgIpc) is 3.00. The van der Waals surface area contributed by atoms with Crippen molar-refractivity contribution in [1.29, 1.82) is 0 Å². The van der Waals surface area contributed by atoms with Gasteiger partial charge in [-0.3, -0.25) is 0 Å². The van der Waals surface area contributed by atoms with Crippen LogP contribution < -0.4 is 9.47 Å². The van der Waals surface area contributed by atoms with Crippen LogP contribution >= 0.6 is 0 Å². The molecule has 0 N–H and O–H groups in total. The molecule has 3 aromatic rings. The van der Waals surface area contributed by atoms with Gasteiger partial charge in [0.2, 0.25) is 0 Å². The third-order valence-corrected chi connectivity index (χ3v) is 7.78. The Morgan fingerprint density at radius 2 is 0.875 bits per heavy atom. The maximum absolute atomic E-state index is 6.49. The lowest BCUT2D eigenvalue weighted by Gasteiger charge is -2.17. The molecule has 0 aromatic heterocycles. The largest absolute Gasteiger partial charge is 0.490 e. The van der Waals surface area contributed by atoms with E-state index in [0.717, 1.165) is 43.1 Å². The number of hydrogen-bond acceptors (Lipinski definition) is 2. The zero-order chi connectivity index (χ0) is 28.1. The number of para-hydroxylation sites is 1. The SMILES string of the molecule is CCCCCCCCCCOc1cccc(-c2ccc(-c3ccccc3)cc2)c1OCCCCCCCCCC. The smallest absolute Gasteiger partial charge is 0.168 e. The van der Waals surface area contributed by atoms with Crippen molar-refractivity contribution < 1.29 is 9.47 Å². The molecule has 0 spiro atoms. The third-order valence-electron chi connectivity index (χ3n) is 7.78. The van der Waals surface area contributed by atoms with E-state index in [2.05, 4.69) is 86.6 Å². The Balaban J connectivity index is 1.59. The first kappa shape index (κ1) is 31.8. The van der Waals surface area contributed by atoms with Gasteiger partial charge < -0.3 is 9.47 Å². The second-order valence-electron chi connectivity index (χ2n) is 11.2. The predicted octanol–water partition coefficient (Wildman–Crippen LogP) is 12.1. The average molecular weight is 543 g/mol. The summed E-state index contributed by atoms with van der Waals surface area (Å²) < 4.78 is 12.8. The van der Waals surface area contributed by atoms with Gasteiger partial charge in [-0.25, -0.2) is 0 Å². The highest BCUT2D eigenvalue weighted by Crippen LogP contribution is 2.39. The minimum atomic E-state index is 0.738. The third kappa shape index (κ3) is 11.8. The van der Waals surface area contributed by atoms with Gasteiger partial charge in [-0.15, -0.1) is 0 Å². The molecular formula is C38H54O2. The van der Waals surface area contributed by atoms with Crippen molar-refractivity contribution in [3.63, 3.8) is 0 Å². The highest BCUT2D eigenvalue weighted by atomic mass is 16.5. The molecule has 0 fully saturated rings. The van der Waals surface area contributed by atoms with Crippen LogP contribution in [-0.4, -0.2) is 13.2 Å². The van der Waals surface area contributed by atoms with E-state index in [1.165, 1.54) is 107 Å². The van der Waals surface area contributed by atoms with Gasteiger partial charge in [0.1, 0.15) is 0 Å². The van der Waals surface area contributed by atoms with Crippen LogP contribution in [0, 0.1) is 0 Å². The van der Waals surface area contributed by atoms with Crippen LogP contribution in [0.25, 0.3) is 22.3 Å². The van der Waals surface area contributed by atoms with Gasteiger partial charge >= 0.3 is 0 Å². The fraction of sp³-hybridized carbons (Fsp3) is 0.526. The van der Waals surface area contributed by atoms with E-state index >= 15 is 0 Å². The van der Waals surface area contributed by atoms with Crippen molar-refractivity contribution in [2.24, 2.45) is 0 Å². The monoisotopic (exact) mass is 542 g/mol. The number of ether oxygens (including phenoxy) is 2. The van der Waals surface area contributed by atoms with E-state index < -0.39 is 0 Å². The summed E-state index contributed by atoms with van der Waals surface area (Å²) in [5.41, 5.74) is 4.76. The molecular weight excluding hydrogens is 488 g/mol. The maximum atomic E-state index is 6.49. The van der Waals surface area contributed by atoms with Crippen LogP contribution in [0.5, 0.6) is 11.5 Å². The lowest BCUT2D eigenvalue weighted by atomic mass is 9.99. The number of benzene rings is 3. The summed E-state index contributed by atoms with van der Waals surface area (Å²) in [4.78, 5) is 0.